The van der Waals surface area contributed by atoms with Crippen molar-refractivity contribution in [1.29, 1.82) is 0 Å². The topological polar surface area (TPSA) is 45.7 Å². The van der Waals surface area contributed by atoms with Crippen LogP contribution in [-0.4, -0.2) is 42.1 Å². The minimum atomic E-state index is -0.420. The van der Waals surface area contributed by atoms with Gasteiger partial charge < -0.3 is 4.74 Å². The number of nitrogens with zero attached hydrogens (tertiary/aromatic N) is 3. The average molecular weight is 426 g/mol. The highest BCUT2D eigenvalue weighted by Crippen LogP contribution is 2.32. The highest BCUT2D eigenvalue weighted by Gasteiger charge is 2.33. The Kier molecular flexibility index (Phi) is 6.38. The van der Waals surface area contributed by atoms with E-state index in [1.54, 1.807) is 53.7 Å². The van der Waals surface area contributed by atoms with E-state index in [-0.39, 0.29) is 11.7 Å². The fourth-order valence-electron chi connectivity index (χ4n) is 3.58. The van der Waals surface area contributed by atoms with Crippen LogP contribution < -0.4 is 4.90 Å². The van der Waals surface area contributed by atoms with Crippen molar-refractivity contribution >= 4 is 23.2 Å². The van der Waals surface area contributed by atoms with Crippen LogP contribution in [0.25, 0.3) is 0 Å². The molecule has 1 saturated heterocycles. The van der Waals surface area contributed by atoms with Gasteiger partial charge in [0.2, 0.25) is 0 Å². The van der Waals surface area contributed by atoms with Crippen LogP contribution in [0.2, 0.25) is 5.02 Å². The Labute approximate surface area is 179 Å². The van der Waals surface area contributed by atoms with E-state index < -0.39 is 6.17 Å². The first-order valence-corrected chi connectivity index (χ1v) is 10.1. The number of carbonyl (C=O) groups is 1. The fraction of sp³-hybridized carbons (Fsp3) is 0.217. The molecule has 154 valence electrons. The van der Waals surface area contributed by atoms with Gasteiger partial charge in [0.25, 0.3) is 5.91 Å². The molecule has 5 nitrogen and oxygen atoms in total. The number of benzene rings is 2. The molecule has 0 N–H and O–H groups in total. The predicted octanol–water partition coefficient (Wildman–Crippen LogP) is 4.55. The molecule has 1 fully saturated rings. The van der Waals surface area contributed by atoms with Gasteiger partial charge in [0.15, 0.2) is 0 Å². The molecule has 0 aliphatic carbocycles. The summed E-state index contributed by atoms with van der Waals surface area (Å²) in [4.78, 5) is 21.8. The predicted molar refractivity (Wildman–Crippen MR) is 114 cm³/mol. The van der Waals surface area contributed by atoms with Crippen molar-refractivity contribution < 1.29 is 13.9 Å². The van der Waals surface area contributed by atoms with E-state index in [9.17, 15) is 9.18 Å². The quantitative estimate of drug-likeness (QED) is 0.601. The summed E-state index contributed by atoms with van der Waals surface area (Å²) >= 11 is 6.01. The summed E-state index contributed by atoms with van der Waals surface area (Å²) < 4.78 is 19.2. The van der Waals surface area contributed by atoms with Gasteiger partial charge in [-0.3, -0.25) is 19.6 Å². The Morgan fingerprint density at radius 1 is 1.07 bits per heavy atom. The number of halogens is 2. The third kappa shape index (κ3) is 4.51. The molecule has 1 aliphatic rings. The summed E-state index contributed by atoms with van der Waals surface area (Å²) in [6.07, 6.45) is 3.03. The molecule has 1 atom stereocenters. The van der Waals surface area contributed by atoms with Crippen LogP contribution in [0.5, 0.6) is 0 Å². The molecule has 7 heteroatoms. The van der Waals surface area contributed by atoms with Gasteiger partial charge in [-0.1, -0.05) is 17.7 Å². The van der Waals surface area contributed by atoms with Gasteiger partial charge in [-0.05, 0) is 54.6 Å². The average Bonchev–Trinajstić information content (AvgIpc) is 2.79. The largest absolute Gasteiger partial charge is 0.379 e. The van der Waals surface area contributed by atoms with Crippen molar-refractivity contribution in [2.24, 2.45) is 0 Å². The molecule has 0 bridgehead atoms. The first-order chi connectivity index (χ1) is 14.6. The van der Waals surface area contributed by atoms with E-state index in [0.29, 0.717) is 42.6 Å². The Morgan fingerprint density at radius 3 is 2.40 bits per heavy atom. The summed E-state index contributed by atoms with van der Waals surface area (Å²) in [7, 11) is 0. The van der Waals surface area contributed by atoms with E-state index in [1.807, 2.05) is 12.1 Å². The molecule has 1 amide bonds. The molecular weight excluding hydrogens is 405 g/mol. The monoisotopic (exact) mass is 425 g/mol. The van der Waals surface area contributed by atoms with Crippen LogP contribution in [0.1, 0.15) is 22.1 Å². The smallest absolute Gasteiger partial charge is 0.259 e. The van der Waals surface area contributed by atoms with Gasteiger partial charge in [-0.15, -0.1) is 0 Å². The molecule has 0 saturated carbocycles. The summed E-state index contributed by atoms with van der Waals surface area (Å²) in [6, 6.07) is 16.5. The number of hydrogen-bond donors (Lipinski definition) is 0. The van der Waals surface area contributed by atoms with Crippen molar-refractivity contribution in [3.63, 3.8) is 0 Å². The van der Waals surface area contributed by atoms with E-state index in [2.05, 4.69) is 9.88 Å². The third-order valence-electron chi connectivity index (χ3n) is 5.03. The van der Waals surface area contributed by atoms with Crippen molar-refractivity contribution in [2.75, 3.05) is 31.2 Å². The van der Waals surface area contributed by atoms with Gasteiger partial charge in [0.05, 0.1) is 13.2 Å². The minimum Gasteiger partial charge on any atom is -0.379 e. The zero-order valence-corrected chi connectivity index (χ0v) is 17.0. The van der Waals surface area contributed by atoms with Crippen LogP contribution in [0.3, 0.4) is 0 Å². The Morgan fingerprint density at radius 2 is 1.77 bits per heavy atom. The maximum absolute atomic E-state index is 13.7. The van der Waals surface area contributed by atoms with Crippen LogP contribution >= 0.6 is 11.6 Å². The standard InChI is InChI=1S/C23H21ClFN3O2/c24-19-5-3-17(4-6-19)23(29)28(21-9-7-20(25)8-10-21)22(18-2-1-11-26-16-18)27-12-14-30-15-13-27/h1-11,16,22H,12-15H2. The number of rotatable bonds is 5. The van der Waals surface area contributed by atoms with Crippen molar-refractivity contribution in [3.8, 4) is 0 Å². The number of amides is 1. The Hall–Kier alpha value is -2.80. The van der Waals surface area contributed by atoms with Crippen molar-refractivity contribution in [1.82, 2.24) is 9.88 Å². The molecule has 3 aromatic rings. The van der Waals surface area contributed by atoms with Gasteiger partial charge in [0.1, 0.15) is 12.0 Å². The van der Waals surface area contributed by atoms with Gasteiger partial charge in [-0.2, -0.15) is 0 Å². The molecule has 2 aromatic carbocycles. The first kappa shape index (κ1) is 20.5. The molecule has 1 unspecified atom stereocenters. The number of ether oxygens (including phenoxy) is 1. The minimum absolute atomic E-state index is 0.210. The van der Waals surface area contributed by atoms with Crippen molar-refractivity contribution in [3.05, 3.63) is 95.0 Å². The van der Waals surface area contributed by atoms with E-state index >= 15 is 0 Å². The summed E-state index contributed by atoms with van der Waals surface area (Å²) in [5, 5.41) is 0.553. The van der Waals surface area contributed by atoms with E-state index in [0.717, 1.165) is 5.56 Å². The molecule has 4 rings (SSSR count). The first-order valence-electron chi connectivity index (χ1n) is 9.70. The molecular formula is C23H21ClFN3O2. The van der Waals surface area contributed by atoms with Crippen LogP contribution in [-0.2, 0) is 4.74 Å². The number of anilines is 1. The normalized spacial score (nSPS) is 15.5. The lowest BCUT2D eigenvalue weighted by molar-refractivity contribution is 0.0151. The maximum atomic E-state index is 13.7. The second-order valence-corrected chi connectivity index (χ2v) is 7.40. The third-order valence-corrected chi connectivity index (χ3v) is 5.29. The number of aromatic nitrogens is 1. The van der Waals surface area contributed by atoms with Crippen LogP contribution in [0.4, 0.5) is 10.1 Å². The zero-order chi connectivity index (χ0) is 20.9. The highest BCUT2D eigenvalue weighted by molar-refractivity contribution is 6.30. The summed E-state index contributed by atoms with van der Waals surface area (Å²) in [5.41, 5.74) is 1.95. The molecule has 0 radical (unpaired) electrons. The molecule has 1 aliphatic heterocycles. The Bertz CT molecular complexity index is 978. The maximum Gasteiger partial charge on any atom is 0.259 e. The number of hydrogen-bond acceptors (Lipinski definition) is 4. The summed E-state index contributed by atoms with van der Waals surface area (Å²) in [6.45, 7) is 2.46. The van der Waals surface area contributed by atoms with Crippen LogP contribution in [0, 0.1) is 5.82 Å². The lowest BCUT2D eigenvalue weighted by Gasteiger charge is -2.41. The van der Waals surface area contributed by atoms with Crippen molar-refractivity contribution in [2.45, 2.75) is 6.17 Å². The number of pyridine rings is 1. The second kappa shape index (κ2) is 9.34. The van der Waals surface area contributed by atoms with Gasteiger partial charge in [0, 0.05) is 47.3 Å². The number of carbonyl (C=O) groups excluding carboxylic acids is 1. The highest BCUT2D eigenvalue weighted by atomic mass is 35.5. The van der Waals surface area contributed by atoms with E-state index in [4.69, 9.17) is 16.3 Å². The van der Waals surface area contributed by atoms with Crippen LogP contribution in [0.15, 0.2) is 73.1 Å². The van der Waals surface area contributed by atoms with Gasteiger partial charge >= 0.3 is 0 Å². The summed E-state index contributed by atoms with van der Waals surface area (Å²) in [5.74, 6) is -0.569. The number of morpholine rings is 1. The Balaban J connectivity index is 1.83. The zero-order valence-electron chi connectivity index (χ0n) is 16.2. The molecule has 2 heterocycles. The second-order valence-electron chi connectivity index (χ2n) is 6.97. The fourth-order valence-corrected chi connectivity index (χ4v) is 3.70. The lowest BCUT2D eigenvalue weighted by atomic mass is 10.1. The van der Waals surface area contributed by atoms with E-state index in [1.165, 1.54) is 12.1 Å². The lowest BCUT2D eigenvalue weighted by Crippen LogP contribution is -2.49. The molecule has 30 heavy (non-hydrogen) atoms. The van der Waals surface area contributed by atoms with Gasteiger partial charge in [-0.25, -0.2) is 4.39 Å². The SMILES string of the molecule is O=C(c1ccc(Cl)cc1)N(c1ccc(F)cc1)C(c1cccnc1)N1CCOCC1. The molecule has 1 aromatic heterocycles. The molecule has 0 spiro atoms.